The molecule has 0 spiro atoms. The van der Waals surface area contributed by atoms with Crippen LogP contribution in [0.5, 0.6) is 0 Å². The van der Waals surface area contributed by atoms with Gasteiger partial charge in [0.05, 0.1) is 6.34 Å². The first kappa shape index (κ1) is 25.2. The number of carbonyl (C=O) groups is 4. The van der Waals surface area contributed by atoms with Gasteiger partial charge in [0.25, 0.3) is 5.91 Å². The lowest BCUT2D eigenvalue weighted by Gasteiger charge is -2.41. The highest BCUT2D eigenvalue weighted by molar-refractivity contribution is 7.13. The van der Waals surface area contributed by atoms with Crippen molar-refractivity contribution in [2.24, 2.45) is 16.8 Å². The molecule has 3 aliphatic heterocycles. The molecule has 2 N–H and O–H groups in total. The molecule has 3 fully saturated rings. The Kier molecular flexibility index (Phi) is 6.16. The van der Waals surface area contributed by atoms with E-state index in [0.29, 0.717) is 10.8 Å². The number of aromatic nitrogens is 3. The van der Waals surface area contributed by atoms with Crippen molar-refractivity contribution in [3.05, 3.63) is 17.8 Å². The van der Waals surface area contributed by atoms with Crippen LogP contribution in [0.3, 0.4) is 0 Å². The molecule has 4 aliphatic rings. The van der Waals surface area contributed by atoms with Gasteiger partial charge in [-0.05, 0) is 25.2 Å². The van der Waals surface area contributed by atoms with Crippen LogP contribution in [-0.2, 0) is 14.4 Å². The fourth-order valence-corrected chi connectivity index (χ4v) is 6.00. The van der Waals surface area contributed by atoms with Gasteiger partial charge in [-0.25, -0.2) is 24.7 Å². The number of imide groups is 1. The minimum absolute atomic E-state index is 0.367. The first-order chi connectivity index (χ1) is 18.7. The van der Waals surface area contributed by atoms with Crippen LogP contribution in [0.25, 0.3) is 10.6 Å². The monoisotopic (exact) mass is 552 g/mol. The molecule has 6 rings (SSSR count). The van der Waals surface area contributed by atoms with Gasteiger partial charge in [-0.15, -0.1) is 11.3 Å². The summed E-state index contributed by atoms with van der Waals surface area (Å²) in [7, 11) is 2.93. The van der Waals surface area contributed by atoms with Gasteiger partial charge in [0.1, 0.15) is 23.4 Å². The second-order valence-corrected chi connectivity index (χ2v) is 11.1. The Balaban J connectivity index is 1.11. The molecule has 4 unspecified atom stereocenters. The SMILES string of the molecule is CNC(=O)CN1C(=O)C2C(N=CN2[C@@H](C)C(=O)Nc2csc(-c3cnc(N4CC5CC5C4)nc3)n2)N(C)C1=O. The summed E-state index contributed by atoms with van der Waals surface area (Å²) in [5, 5.41) is 7.61. The van der Waals surface area contributed by atoms with Crippen LogP contribution in [0.2, 0.25) is 0 Å². The summed E-state index contributed by atoms with van der Waals surface area (Å²) in [6.07, 6.45) is 5.42. The maximum atomic E-state index is 13.2. The lowest BCUT2D eigenvalue weighted by atomic mass is 10.1. The van der Waals surface area contributed by atoms with Gasteiger partial charge in [-0.1, -0.05) is 0 Å². The number of urea groups is 1. The zero-order valence-electron chi connectivity index (χ0n) is 21.6. The molecule has 5 heterocycles. The maximum absolute atomic E-state index is 13.2. The average molecular weight is 553 g/mol. The number of amides is 5. The third kappa shape index (κ3) is 4.45. The number of nitrogens with one attached hydrogen (secondary N) is 2. The maximum Gasteiger partial charge on any atom is 0.328 e. The number of likely N-dealkylation sites (N-methyl/N-ethyl adjacent to an activating group) is 2. The predicted octanol–water partition coefficient (Wildman–Crippen LogP) is 0.0618. The Morgan fingerprint density at radius 1 is 1.18 bits per heavy atom. The molecule has 2 aromatic rings. The van der Waals surface area contributed by atoms with E-state index >= 15 is 0 Å². The molecule has 204 valence electrons. The number of fused-ring (bicyclic) bond motifs is 2. The van der Waals surface area contributed by atoms with E-state index in [1.54, 1.807) is 24.7 Å². The van der Waals surface area contributed by atoms with E-state index in [0.717, 1.165) is 41.3 Å². The third-order valence-corrected chi connectivity index (χ3v) is 8.61. The third-order valence-electron chi connectivity index (χ3n) is 7.71. The lowest BCUT2D eigenvalue weighted by molar-refractivity contribution is -0.141. The average Bonchev–Trinajstić information content (AvgIpc) is 3.32. The second kappa shape index (κ2) is 9.55. The molecule has 14 nitrogen and oxygen atoms in total. The van der Waals surface area contributed by atoms with Gasteiger partial charge in [-0.2, -0.15) is 0 Å². The Morgan fingerprint density at radius 2 is 1.90 bits per heavy atom. The number of thiazole rings is 1. The molecule has 0 aromatic carbocycles. The second-order valence-electron chi connectivity index (χ2n) is 10.2. The number of nitrogens with zero attached hydrogens (tertiary/aromatic N) is 8. The standard InChI is InChI=1S/C24H28N10O4S/c1-12(34-11-28-19-18(34)22(37)33(9-17(35)25-2)24(38)31(19)3)20(36)29-16-10-39-21(30-16)15-5-26-23(27-6-15)32-7-13-4-14(13)8-32/h5-6,10-14,18-19H,4,7-9H2,1-3H3,(H,25,35)(H,29,36)/t12-,13?,14?,18?,19?/m0/s1. The largest absolute Gasteiger partial charge is 0.358 e. The highest BCUT2D eigenvalue weighted by atomic mass is 32.1. The fourth-order valence-electron chi connectivity index (χ4n) is 5.27. The number of carbonyl (C=O) groups excluding carboxylic acids is 4. The van der Waals surface area contributed by atoms with Crippen molar-refractivity contribution >= 4 is 53.2 Å². The van der Waals surface area contributed by atoms with Crippen LogP contribution in [-0.4, -0.2) is 112 Å². The van der Waals surface area contributed by atoms with Crippen molar-refractivity contribution in [3.8, 4) is 10.6 Å². The highest BCUT2D eigenvalue weighted by Crippen LogP contribution is 2.45. The Labute approximate surface area is 228 Å². The molecule has 2 saturated heterocycles. The molecule has 1 aliphatic carbocycles. The van der Waals surface area contributed by atoms with Gasteiger partial charge in [0, 0.05) is 50.5 Å². The number of hydrogen-bond donors (Lipinski definition) is 2. The molecule has 0 bridgehead atoms. The molecule has 1 saturated carbocycles. The van der Waals surface area contributed by atoms with E-state index in [1.165, 1.54) is 48.0 Å². The van der Waals surface area contributed by atoms with Gasteiger partial charge in [0.15, 0.2) is 12.2 Å². The first-order valence-corrected chi connectivity index (χ1v) is 13.6. The number of hydrogen-bond acceptors (Lipinski definition) is 11. The number of rotatable bonds is 7. The van der Waals surface area contributed by atoms with E-state index in [-0.39, 0.29) is 0 Å². The van der Waals surface area contributed by atoms with Gasteiger partial charge in [-0.3, -0.25) is 19.3 Å². The Bertz CT molecular complexity index is 1350. The summed E-state index contributed by atoms with van der Waals surface area (Å²) in [5.41, 5.74) is 0.757. The van der Waals surface area contributed by atoms with Crippen LogP contribution >= 0.6 is 11.3 Å². The molecule has 0 radical (unpaired) electrons. The normalized spacial score (nSPS) is 26.0. The predicted molar refractivity (Wildman–Crippen MR) is 142 cm³/mol. The molecule has 39 heavy (non-hydrogen) atoms. The Morgan fingerprint density at radius 3 is 2.59 bits per heavy atom. The zero-order chi connectivity index (χ0) is 27.4. The summed E-state index contributed by atoms with van der Waals surface area (Å²) >= 11 is 1.36. The molecular weight excluding hydrogens is 524 g/mol. The van der Waals surface area contributed by atoms with Crippen molar-refractivity contribution < 1.29 is 19.2 Å². The van der Waals surface area contributed by atoms with Gasteiger partial charge >= 0.3 is 6.03 Å². The minimum atomic E-state index is -0.929. The van der Waals surface area contributed by atoms with E-state index in [2.05, 4.69) is 35.5 Å². The topological polar surface area (TPSA) is 156 Å². The molecule has 5 amide bonds. The smallest absolute Gasteiger partial charge is 0.328 e. The summed E-state index contributed by atoms with van der Waals surface area (Å²) < 4.78 is 0. The summed E-state index contributed by atoms with van der Waals surface area (Å²) in [5.74, 6) is 1.21. The number of aliphatic imine (C=N–C) groups is 1. The summed E-state index contributed by atoms with van der Waals surface area (Å²) in [4.78, 5) is 74.6. The van der Waals surface area contributed by atoms with Gasteiger partial charge < -0.3 is 25.3 Å². The molecule has 5 atom stereocenters. The number of piperidine rings is 1. The first-order valence-electron chi connectivity index (χ1n) is 12.7. The van der Waals surface area contributed by atoms with Gasteiger partial charge in [0.2, 0.25) is 17.8 Å². The van der Waals surface area contributed by atoms with Crippen LogP contribution in [0.1, 0.15) is 13.3 Å². The highest BCUT2D eigenvalue weighted by Gasteiger charge is 2.51. The van der Waals surface area contributed by atoms with E-state index < -0.39 is 48.5 Å². The number of anilines is 2. The lowest BCUT2D eigenvalue weighted by Crippen LogP contribution is -2.67. The van der Waals surface area contributed by atoms with Crippen molar-refractivity contribution in [1.82, 2.24) is 35.0 Å². The quantitative estimate of drug-likeness (QED) is 0.485. The minimum Gasteiger partial charge on any atom is -0.358 e. The fraction of sp³-hybridized carbons (Fsp3) is 0.500. The molecule has 15 heteroatoms. The van der Waals surface area contributed by atoms with E-state index in [9.17, 15) is 19.2 Å². The summed E-state index contributed by atoms with van der Waals surface area (Å²) in [6, 6.07) is -2.36. The van der Waals surface area contributed by atoms with Crippen molar-refractivity contribution in [3.63, 3.8) is 0 Å². The molecular formula is C24H28N10O4S. The zero-order valence-corrected chi connectivity index (χ0v) is 22.5. The van der Waals surface area contributed by atoms with Crippen LogP contribution in [0, 0.1) is 11.8 Å². The Hall–Kier alpha value is -4.14. The van der Waals surface area contributed by atoms with Crippen LogP contribution in [0.15, 0.2) is 22.8 Å². The van der Waals surface area contributed by atoms with E-state index in [4.69, 9.17) is 0 Å². The van der Waals surface area contributed by atoms with Crippen molar-refractivity contribution in [1.29, 1.82) is 0 Å². The van der Waals surface area contributed by atoms with E-state index in [1.807, 2.05) is 0 Å². The summed E-state index contributed by atoms with van der Waals surface area (Å²) in [6.45, 7) is 3.26. The van der Waals surface area contributed by atoms with Crippen molar-refractivity contribution in [2.75, 3.05) is 43.9 Å². The van der Waals surface area contributed by atoms with Crippen molar-refractivity contribution in [2.45, 2.75) is 31.6 Å². The van der Waals surface area contributed by atoms with Crippen LogP contribution in [0.4, 0.5) is 16.6 Å². The van der Waals surface area contributed by atoms with Crippen LogP contribution < -0.4 is 15.5 Å². The molecule has 2 aromatic heterocycles.